The molecule has 32 heavy (non-hydrogen) atoms. The third-order valence-corrected chi connectivity index (χ3v) is 7.55. The Morgan fingerprint density at radius 1 is 1.06 bits per heavy atom. The highest BCUT2D eigenvalue weighted by molar-refractivity contribution is 6.06. The van der Waals surface area contributed by atoms with Crippen LogP contribution in [0.1, 0.15) is 80.1 Å². The fourth-order valence-corrected chi connectivity index (χ4v) is 5.34. The van der Waals surface area contributed by atoms with Crippen LogP contribution < -0.4 is 10.6 Å². The number of hydrogen-bond donors (Lipinski definition) is 2. The summed E-state index contributed by atoms with van der Waals surface area (Å²) in [5.74, 6) is -0.598. The van der Waals surface area contributed by atoms with E-state index >= 15 is 4.39 Å². The number of piperidine rings is 1. The van der Waals surface area contributed by atoms with Gasteiger partial charge in [0.1, 0.15) is 17.6 Å². The summed E-state index contributed by atoms with van der Waals surface area (Å²) in [6.07, 6.45) is 7.12. The smallest absolute Gasteiger partial charge is 0.255 e. The number of Topliss-reactive ketones (excluding diaryl/α,β-unsaturated/α-hetero) is 1. The monoisotopic (exact) mass is 441 g/mol. The van der Waals surface area contributed by atoms with Crippen LogP contribution in [0.5, 0.6) is 0 Å². The molecule has 2 heterocycles. The lowest BCUT2D eigenvalue weighted by Crippen LogP contribution is -2.52. The number of hydrogen-bond acceptors (Lipinski definition) is 5. The molecule has 170 valence electrons. The van der Waals surface area contributed by atoms with Crippen molar-refractivity contribution < 1.29 is 23.6 Å². The molecule has 1 aromatic carbocycles. The number of fused-ring (bicyclic) bond motifs is 1. The number of imide groups is 1. The van der Waals surface area contributed by atoms with Crippen LogP contribution in [0.15, 0.2) is 12.1 Å². The van der Waals surface area contributed by atoms with Crippen molar-refractivity contribution in [3.8, 4) is 0 Å². The van der Waals surface area contributed by atoms with Gasteiger partial charge in [0.2, 0.25) is 11.8 Å². The number of rotatable bonds is 6. The zero-order valence-electron chi connectivity index (χ0n) is 18.0. The van der Waals surface area contributed by atoms with Crippen LogP contribution in [-0.2, 0) is 20.9 Å². The molecule has 1 saturated heterocycles. The van der Waals surface area contributed by atoms with E-state index < -0.39 is 17.8 Å². The highest BCUT2D eigenvalue weighted by Crippen LogP contribution is 2.43. The Bertz CT molecular complexity index is 993. The fourth-order valence-electron chi connectivity index (χ4n) is 5.34. The van der Waals surface area contributed by atoms with Gasteiger partial charge in [-0.3, -0.25) is 24.5 Å². The summed E-state index contributed by atoms with van der Waals surface area (Å²) in [6, 6.07) is 2.04. The van der Waals surface area contributed by atoms with E-state index in [1.165, 1.54) is 29.9 Å². The van der Waals surface area contributed by atoms with E-state index in [0.717, 1.165) is 18.8 Å². The van der Waals surface area contributed by atoms with E-state index in [0.29, 0.717) is 42.5 Å². The number of nitrogens with zero attached hydrogens (tertiary/aromatic N) is 1. The van der Waals surface area contributed by atoms with Gasteiger partial charge in [-0.25, -0.2) is 4.39 Å². The summed E-state index contributed by atoms with van der Waals surface area (Å²) >= 11 is 0. The van der Waals surface area contributed by atoms with E-state index in [1.54, 1.807) is 0 Å². The summed E-state index contributed by atoms with van der Waals surface area (Å²) in [5.41, 5.74) is 0.901. The first-order valence-corrected chi connectivity index (χ1v) is 11.6. The molecule has 3 fully saturated rings. The Balaban J connectivity index is 1.42. The van der Waals surface area contributed by atoms with Crippen LogP contribution in [0, 0.1) is 11.7 Å². The predicted molar refractivity (Wildman–Crippen MR) is 114 cm³/mol. The highest BCUT2D eigenvalue weighted by Gasteiger charge is 2.42. The Kier molecular flexibility index (Phi) is 5.26. The van der Waals surface area contributed by atoms with Crippen molar-refractivity contribution in [3.63, 3.8) is 0 Å². The van der Waals surface area contributed by atoms with Gasteiger partial charge in [0.25, 0.3) is 5.91 Å². The van der Waals surface area contributed by atoms with Crippen molar-refractivity contribution in [3.05, 3.63) is 29.1 Å². The van der Waals surface area contributed by atoms with Crippen LogP contribution in [-0.4, -0.2) is 40.0 Å². The zero-order valence-corrected chi connectivity index (χ0v) is 18.0. The maximum atomic E-state index is 15.1. The first kappa shape index (κ1) is 21.1. The highest BCUT2D eigenvalue weighted by atomic mass is 19.1. The van der Waals surface area contributed by atoms with E-state index in [9.17, 15) is 19.2 Å². The lowest BCUT2D eigenvalue weighted by molar-refractivity contribution is -0.137. The molecule has 8 heteroatoms. The van der Waals surface area contributed by atoms with Crippen LogP contribution in [0.4, 0.5) is 10.1 Å². The average Bonchev–Trinajstić information content (AvgIpc) is 3.54. The quantitative estimate of drug-likeness (QED) is 0.662. The average molecular weight is 442 g/mol. The van der Waals surface area contributed by atoms with Gasteiger partial charge in [0.05, 0.1) is 5.69 Å². The lowest BCUT2D eigenvalue weighted by atomic mass is 9.77. The standard InChI is InChI=1S/C24H28FN3O4/c25-18-4-3-16-17(13-28(23(16)32)19-5-6-20(30)26-22(19)31)21(18)27-24(10-7-14-1-2-14)11-8-15(29)9-12-24/h3-4,14,19,27H,1-2,5-13H2,(H,26,30,31). The van der Waals surface area contributed by atoms with Crippen molar-refractivity contribution >= 4 is 29.2 Å². The largest absolute Gasteiger partial charge is 0.377 e. The molecule has 5 rings (SSSR count). The molecule has 2 N–H and O–H groups in total. The fraction of sp³-hybridized carbons (Fsp3) is 0.583. The molecule has 2 saturated carbocycles. The third kappa shape index (κ3) is 3.91. The van der Waals surface area contributed by atoms with Crippen molar-refractivity contribution in [1.82, 2.24) is 10.2 Å². The number of halogens is 1. The lowest BCUT2D eigenvalue weighted by Gasteiger charge is -2.39. The molecule has 1 aromatic rings. The Morgan fingerprint density at radius 2 is 1.81 bits per heavy atom. The minimum atomic E-state index is -0.736. The van der Waals surface area contributed by atoms with Crippen molar-refractivity contribution in [2.75, 3.05) is 5.32 Å². The third-order valence-electron chi connectivity index (χ3n) is 7.55. The van der Waals surface area contributed by atoms with Crippen molar-refractivity contribution in [2.24, 2.45) is 5.92 Å². The van der Waals surface area contributed by atoms with Crippen LogP contribution in [0.25, 0.3) is 0 Å². The van der Waals surface area contributed by atoms with Gasteiger partial charge in [-0.2, -0.15) is 0 Å². The SMILES string of the molecule is O=C1CCC(CCC2CC2)(Nc2c(F)ccc3c2CN(C2CCC(=O)NC2=O)C3=O)CC1. The number of benzene rings is 1. The second-order valence-corrected chi connectivity index (χ2v) is 9.77. The summed E-state index contributed by atoms with van der Waals surface area (Å²) in [6.45, 7) is 0.123. The molecule has 0 radical (unpaired) electrons. The van der Waals surface area contributed by atoms with Gasteiger partial charge >= 0.3 is 0 Å². The number of nitrogens with one attached hydrogen (secondary N) is 2. The second kappa shape index (κ2) is 7.98. The number of anilines is 1. The van der Waals surface area contributed by atoms with Gasteiger partial charge in [0, 0.05) is 42.5 Å². The molecule has 4 aliphatic rings. The first-order chi connectivity index (χ1) is 15.3. The first-order valence-electron chi connectivity index (χ1n) is 11.6. The van der Waals surface area contributed by atoms with Crippen molar-refractivity contribution in [1.29, 1.82) is 0 Å². The summed E-state index contributed by atoms with van der Waals surface area (Å²) in [7, 11) is 0. The van der Waals surface area contributed by atoms with E-state index in [2.05, 4.69) is 10.6 Å². The van der Waals surface area contributed by atoms with Crippen LogP contribution in [0.2, 0.25) is 0 Å². The van der Waals surface area contributed by atoms with E-state index in [1.807, 2.05) is 0 Å². The van der Waals surface area contributed by atoms with Gasteiger partial charge in [-0.05, 0) is 50.2 Å². The maximum Gasteiger partial charge on any atom is 0.255 e. The molecule has 3 amide bonds. The molecule has 2 aliphatic carbocycles. The van der Waals surface area contributed by atoms with Gasteiger partial charge in [-0.1, -0.05) is 12.8 Å². The molecule has 7 nitrogen and oxygen atoms in total. The van der Waals surface area contributed by atoms with Crippen LogP contribution in [0.3, 0.4) is 0 Å². The maximum absolute atomic E-state index is 15.1. The predicted octanol–water partition coefficient (Wildman–Crippen LogP) is 3.07. The Morgan fingerprint density at radius 3 is 2.50 bits per heavy atom. The molecule has 2 aliphatic heterocycles. The number of amides is 3. The zero-order chi connectivity index (χ0) is 22.5. The minimum absolute atomic E-state index is 0.123. The van der Waals surface area contributed by atoms with E-state index in [-0.39, 0.29) is 42.5 Å². The number of carbonyl (C=O) groups excluding carboxylic acids is 4. The second-order valence-electron chi connectivity index (χ2n) is 9.77. The minimum Gasteiger partial charge on any atom is -0.377 e. The molecule has 1 unspecified atom stereocenters. The Hall–Kier alpha value is -2.77. The van der Waals surface area contributed by atoms with Gasteiger partial charge in [0.15, 0.2) is 0 Å². The van der Waals surface area contributed by atoms with Crippen molar-refractivity contribution in [2.45, 2.75) is 82.3 Å². The van der Waals surface area contributed by atoms with Gasteiger partial charge in [-0.15, -0.1) is 0 Å². The summed E-state index contributed by atoms with van der Waals surface area (Å²) in [4.78, 5) is 50.3. The normalized spacial score (nSPS) is 25.0. The molecule has 0 spiro atoms. The molecular weight excluding hydrogens is 413 g/mol. The summed E-state index contributed by atoms with van der Waals surface area (Å²) in [5, 5.41) is 5.76. The number of carbonyl (C=O) groups is 4. The Labute approximate surface area is 186 Å². The number of ketones is 1. The molecular formula is C24H28FN3O4. The van der Waals surface area contributed by atoms with E-state index in [4.69, 9.17) is 0 Å². The molecule has 0 bridgehead atoms. The van der Waals surface area contributed by atoms with Gasteiger partial charge < -0.3 is 10.2 Å². The molecule has 1 atom stereocenters. The summed E-state index contributed by atoms with van der Waals surface area (Å²) < 4.78 is 15.1. The topological polar surface area (TPSA) is 95.6 Å². The molecule has 0 aromatic heterocycles. The van der Waals surface area contributed by atoms with Crippen LogP contribution >= 0.6 is 0 Å².